The summed E-state index contributed by atoms with van der Waals surface area (Å²) in [5, 5.41) is 5.64. The molecule has 1 aliphatic heterocycles. The van der Waals surface area contributed by atoms with Crippen LogP contribution in [0, 0.1) is 29.2 Å². The molecule has 152 valence electrons. The summed E-state index contributed by atoms with van der Waals surface area (Å²) in [6.45, 7) is -0.0948. The number of amides is 1. The van der Waals surface area contributed by atoms with Crippen LogP contribution in [0.3, 0.4) is 0 Å². The number of aromatic nitrogens is 2. The number of nitrogens with zero attached hydrogens (tertiary/aromatic N) is 3. The minimum absolute atomic E-state index is 0.0309. The SMILES string of the molecule is Cn1cc(S(=O)(=O)N2CCC[C@H](C(=O)Nc3c(F)c(F)cc(F)c3F)C2)cn1. The van der Waals surface area contributed by atoms with Gasteiger partial charge in [-0.1, -0.05) is 0 Å². The van der Waals surface area contributed by atoms with Crippen molar-refractivity contribution in [3.63, 3.8) is 0 Å². The zero-order chi connectivity index (χ0) is 20.6. The molecule has 1 atom stereocenters. The standard InChI is InChI=1S/C16H16F4N4O3S/c1-23-8-10(6-21-23)28(26,27)24-4-2-3-9(7-24)16(25)22-15-13(19)11(17)5-12(18)14(15)20/h5-6,8-9H,2-4,7H2,1H3,(H,22,25)/t9-/m0/s1. The van der Waals surface area contributed by atoms with Crippen molar-refractivity contribution in [2.45, 2.75) is 17.7 Å². The van der Waals surface area contributed by atoms with Crippen molar-refractivity contribution < 1.29 is 30.8 Å². The maximum absolute atomic E-state index is 13.7. The average molecular weight is 420 g/mol. The molecule has 3 rings (SSSR count). The predicted molar refractivity (Wildman–Crippen MR) is 89.6 cm³/mol. The Morgan fingerprint density at radius 1 is 1.21 bits per heavy atom. The van der Waals surface area contributed by atoms with Gasteiger partial charge in [0.15, 0.2) is 23.3 Å². The van der Waals surface area contributed by atoms with Crippen molar-refractivity contribution in [1.29, 1.82) is 0 Å². The Kier molecular flexibility index (Phi) is 5.44. The summed E-state index contributed by atoms with van der Waals surface area (Å²) in [7, 11) is -2.36. The number of piperidine rings is 1. The van der Waals surface area contributed by atoms with E-state index in [2.05, 4.69) is 5.10 Å². The van der Waals surface area contributed by atoms with E-state index >= 15 is 0 Å². The summed E-state index contributed by atoms with van der Waals surface area (Å²) in [5.41, 5.74) is -1.24. The maximum atomic E-state index is 13.7. The highest BCUT2D eigenvalue weighted by molar-refractivity contribution is 7.89. The van der Waals surface area contributed by atoms with Crippen molar-refractivity contribution in [1.82, 2.24) is 14.1 Å². The van der Waals surface area contributed by atoms with Crippen molar-refractivity contribution in [3.05, 3.63) is 41.7 Å². The summed E-state index contributed by atoms with van der Waals surface area (Å²) in [6, 6.07) is 0.0309. The third-order valence-corrected chi connectivity index (χ3v) is 6.25. The van der Waals surface area contributed by atoms with E-state index in [9.17, 15) is 30.8 Å². The highest BCUT2D eigenvalue weighted by Gasteiger charge is 2.34. The summed E-state index contributed by atoms with van der Waals surface area (Å²) < 4.78 is 81.7. The lowest BCUT2D eigenvalue weighted by Crippen LogP contribution is -2.43. The zero-order valence-electron chi connectivity index (χ0n) is 14.6. The van der Waals surface area contributed by atoms with Crippen LogP contribution in [0.4, 0.5) is 23.2 Å². The van der Waals surface area contributed by atoms with Gasteiger partial charge < -0.3 is 5.32 Å². The molecule has 0 saturated carbocycles. The molecule has 1 fully saturated rings. The second kappa shape index (κ2) is 7.51. The molecule has 7 nitrogen and oxygen atoms in total. The summed E-state index contributed by atoms with van der Waals surface area (Å²) in [6.07, 6.45) is 3.03. The third kappa shape index (κ3) is 3.74. The normalized spacial score (nSPS) is 18.2. The molecule has 1 saturated heterocycles. The molecule has 1 N–H and O–H groups in total. The minimum Gasteiger partial charge on any atom is -0.321 e. The first-order valence-electron chi connectivity index (χ1n) is 8.24. The summed E-state index contributed by atoms with van der Waals surface area (Å²) in [4.78, 5) is 12.3. The molecule has 1 aliphatic rings. The van der Waals surface area contributed by atoms with E-state index in [1.807, 2.05) is 5.32 Å². The Morgan fingerprint density at radius 2 is 1.86 bits per heavy atom. The highest BCUT2D eigenvalue weighted by Crippen LogP contribution is 2.27. The van der Waals surface area contributed by atoms with E-state index in [-0.39, 0.29) is 30.5 Å². The number of anilines is 1. The van der Waals surface area contributed by atoms with Crippen LogP contribution < -0.4 is 5.32 Å². The number of aryl methyl sites for hydroxylation is 1. The molecular weight excluding hydrogens is 404 g/mol. The number of carbonyl (C=O) groups excluding carboxylic acids is 1. The smallest absolute Gasteiger partial charge is 0.246 e. The number of nitrogens with one attached hydrogen (secondary N) is 1. The lowest BCUT2D eigenvalue weighted by Gasteiger charge is -2.30. The van der Waals surface area contributed by atoms with E-state index in [4.69, 9.17) is 0 Å². The molecule has 1 aromatic carbocycles. The Balaban J connectivity index is 1.79. The molecule has 1 aromatic heterocycles. The first kappa shape index (κ1) is 20.3. The van der Waals surface area contributed by atoms with Gasteiger partial charge in [0.1, 0.15) is 10.6 Å². The number of benzene rings is 1. The summed E-state index contributed by atoms with van der Waals surface area (Å²) in [5.74, 6) is -8.66. The van der Waals surface area contributed by atoms with E-state index in [0.717, 1.165) is 4.31 Å². The average Bonchev–Trinajstić information content (AvgIpc) is 3.11. The quantitative estimate of drug-likeness (QED) is 0.606. The van der Waals surface area contributed by atoms with Gasteiger partial charge >= 0.3 is 0 Å². The zero-order valence-corrected chi connectivity index (χ0v) is 15.4. The van der Waals surface area contributed by atoms with Gasteiger partial charge in [0, 0.05) is 32.4 Å². The van der Waals surface area contributed by atoms with Crippen LogP contribution in [-0.4, -0.2) is 41.5 Å². The molecule has 2 heterocycles. The predicted octanol–water partition coefficient (Wildman–Crippen LogP) is 2.02. The largest absolute Gasteiger partial charge is 0.321 e. The number of hydrogen-bond acceptors (Lipinski definition) is 4. The van der Waals surface area contributed by atoms with E-state index < -0.39 is 50.8 Å². The molecule has 0 unspecified atom stereocenters. The molecular formula is C16H16F4N4O3S. The lowest BCUT2D eigenvalue weighted by molar-refractivity contribution is -0.120. The van der Waals surface area contributed by atoms with Crippen LogP contribution in [0.2, 0.25) is 0 Å². The van der Waals surface area contributed by atoms with Crippen LogP contribution in [0.15, 0.2) is 23.4 Å². The number of sulfonamides is 1. The van der Waals surface area contributed by atoms with Gasteiger partial charge in [-0.2, -0.15) is 9.40 Å². The van der Waals surface area contributed by atoms with Crippen LogP contribution in [0.5, 0.6) is 0 Å². The molecule has 12 heteroatoms. The van der Waals surface area contributed by atoms with Crippen LogP contribution >= 0.6 is 0 Å². The first-order valence-corrected chi connectivity index (χ1v) is 9.68. The highest BCUT2D eigenvalue weighted by atomic mass is 32.2. The third-order valence-electron chi connectivity index (χ3n) is 4.43. The summed E-state index contributed by atoms with van der Waals surface area (Å²) >= 11 is 0. The topological polar surface area (TPSA) is 84.3 Å². The minimum atomic E-state index is -3.91. The maximum Gasteiger partial charge on any atom is 0.246 e. The number of rotatable bonds is 4. The van der Waals surface area contributed by atoms with E-state index in [0.29, 0.717) is 6.42 Å². The fraction of sp³-hybridized carbons (Fsp3) is 0.375. The van der Waals surface area contributed by atoms with Crippen molar-refractivity contribution in [2.24, 2.45) is 13.0 Å². The van der Waals surface area contributed by atoms with Gasteiger partial charge in [0.05, 0.1) is 12.1 Å². The second-order valence-corrected chi connectivity index (χ2v) is 8.32. The van der Waals surface area contributed by atoms with Crippen LogP contribution in [-0.2, 0) is 21.9 Å². The molecule has 1 amide bonds. The first-order chi connectivity index (χ1) is 13.1. The molecule has 28 heavy (non-hydrogen) atoms. The van der Waals surface area contributed by atoms with Gasteiger partial charge in [0.25, 0.3) is 0 Å². The van der Waals surface area contributed by atoms with Gasteiger partial charge in [-0.25, -0.2) is 26.0 Å². The lowest BCUT2D eigenvalue weighted by atomic mass is 9.98. The van der Waals surface area contributed by atoms with Crippen LogP contribution in [0.25, 0.3) is 0 Å². The number of hydrogen-bond donors (Lipinski definition) is 1. The molecule has 0 spiro atoms. The van der Waals surface area contributed by atoms with Gasteiger partial charge in [-0.05, 0) is 12.8 Å². The van der Waals surface area contributed by atoms with Gasteiger partial charge in [0.2, 0.25) is 15.9 Å². The molecule has 0 radical (unpaired) electrons. The monoisotopic (exact) mass is 420 g/mol. The molecule has 2 aromatic rings. The van der Waals surface area contributed by atoms with E-state index in [1.165, 1.54) is 17.1 Å². The van der Waals surface area contributed by atoms with Gasteiger partial charge in [-0.15, -0.1) is 0 Å². The van der Waals surface area contributed by atoms with Crippen molar-refractivity contribution in [2.75, 3.05) is 18.4 Å². The fourth-order valence-electron chi connectivity index (χ4n) is 2.96. The van der Waals surface area contributed by atoms with E-state index in [1.54, 1.807) is 7.05 Å². The Labute approximate surface area is 158 Å². The van der Waals surface area contributed by atoms with Gasteiger partial charge in [-0.3, -0.25) is 9.48 Å². The Hall–Kier alpha value is -2.47. The number of halogens is 4. The molecule has 0 aliphatic carbocycles. The van der Waals surface area contributed by atoms with Crippen molar-refractivity contribution >= 4 is 21.6 Å². The second-order valence-electron chi connectivity index (χ2n) is 6.38. The number of carbonyl (C=O) groups is 1. The fourth-order valence-corrected chi connectivity index (χ4v) is 4.47. The van der Waals surface area contributed by atoms with Crippen molar-refractivity contribution in [3.8, 4) is 0 Å². The Morgan fingerprint density at radius 3 is 2.43 bits per heavy atom. The Bertz CT molecular complexity index is 999. The van der Waals surface area contributed by atoms with Crippen LogP contribution in [0.1, 0.15) is 12.8 Å². The molecule has 0 bridgehead atoms.